The first-order chi connectivity index (χ1) is 12.8. The summed E-state index contributed by atoms with van der Waals surface area (Å²) in [7, 11) is 1.58. The zero-order valence-corrected chi connectivity index (χ0v) is 15.9. The van der Waals surface area contributed by atoms with Crippen LogP contribution in [0.4, 0.5) is 0 Å². The minimum Gasteiger partial charge on any atom is -0.355 e. The first-order valence-corrected chi connectivity index (χ1v) is 8.95. The largest absolute Gasteiger partial charge is 0.355 e. The molecule has 1 aromatic heterocycles. The number of hydrogen-bond acceptors (Lipinski definition) is 4. The molecule has 1 aromatic carbocycles. The molecule has 1 N–H and O–H groups in total. The number of nitrogens with zero attached hydrogens (tertiary/aromatic N) is 1. The first kappa shape index (κ1) is 18.7. The van der Waals surface area contributed by atoms with Gasteiger partial charge >= 0.3 is 0 Å². The number of benzene rings is 1. The van der Waals surface area contributed by atoms with Crippen molar-refractivity contribution in [1.29, 1.82) is 0 Å². The van der Waals surface area contributed by atoms with Crippen molar-refractivity contribution in [2.45, 2.75) is 33.1 Å². The van der Waals surface area contributed by atoms with Crippen molar-refractivity contribution in [2.24, 2.45) is 0 Å². The molecular formula is C22H22N2O3. The molecule has 3 rings (SSSR count). The molecule has 0 spiro atoms. The van der Waals surface area contributed by atoms with Gasteiger partial charge in [0.05, 0.1) is 11.3 Å². The van der Waals surface area contributed by atoms with Gasteiger partial charge in [-0.3, -0.25) is 19.4 Å². The molecule has 5 heteroatoms. The second kappa shape index (κ2) is 7.27. The predicted octanol–water partition coefficient (Wildman–Crippen LogP) is 3.50. The molecule has 1 amide bonds. The summed E-state index contributed by atoms with van der Waals surface area (Å²) in [6.07, 6.45) is 0.262. The Kier molecular flexibility index (Phi) is 5.04. The number of carbonyl (C=O) groups is 3. The number of ketones is 2. The minimum absolute atomic E-state index is 0.0525. The van der Waals surface area contributed by atoms with E-state index in [1.54, 1.807) is 50.4 Å². The smallest absolute Gasteiger partial charge is 0.252 e. The Morgan fingerprint density at radius 2 is 1.67 bits per heavy atom. The van der Waals surface area contributed by atoms with Crippen LogP contribution in [0.1, 0.15) is 69.2 Å². The molecule has 0 saturated carbocycles. The van der Waals surface area contributed by atoms with E-state index in [2.05, 4.69) is 10.3 Å². The van der Waals surface area contributed by atoms with Crippen LogP contribution in [0, 0.1) is 0 Å². The highest BCUT2D eigenvalue weighted by Crippen LogP contribution is 2.28. The molecule has 27 heavy (non-hydrogen) atoms. The maximum absolute atomic E-state index is 12.9. The highest BCUT2D eigenvalue weighted by atomic mass is 16.2. The molecule has 0 aliphatic heterocycles. The zero-order valence-electron chi connectivity index (χ0n) is 15.9. The second-order valence-corrected chi connectivity index (χ2v) is 6.95. The van der Waals surface area contributed by atoms with Gasteiger partial charge in [0.15, 0.2) is 11.6 Å². The van der Waals surface area contributed by atoms with Gasteiger partial charge in [0.1, 0.15) is 0 Å². The van der Waals surface area contributed by atoms with E-state index in [1.165, 1.54) is 0 Å². The molecule has 0 atom stereocenters. The number of rotatable bonds is 4. The van der Waals surface area contributed by atoms with Gasteiger partial charge in [-0.2, -0.15) is 0 Å². The van der Waals surface area contributed by atoms with Crippen molar-refractivity contribution in [2.75, 3.05) is 7.05 Å². The molecule has 2 aromatic rings. The van der Waals surface area contributed by atoms with E-state index in [1.807, 2.05) is 13.8 Å². The highest BCUT2D eigenvalue weighted by molar-refractivity contribution is 6.26. The second-order valence-electron chi connectivity index (χ2n) is 6.95. The van der Waals surface area contributed by atoms with Gasteiger partial charge < -0.3 is 5.32 Å². The standard InChI is InChI=1S/C22H22N2O3/c1-12(2)19-17(22(27)23-4)10-9-14(24-19)11-18-13(3)20(25)15-7-5-6-8-16(15)21(18)26/h5-10,12H,11H2,1-4H3,(H,23,27). The zero-order chi connectivity index (χ0) is 19.7. The fraction of sp³-hybridized carbons (Fsp3) is 0.273. The molecule has 0 radical (unpaired) electrons. The molecule has 1 aliphatic carbocycles. The quantitative estimate of drug-likeness (QED) is 0.903. The summed E-state index contributed by atoms with van der Waals surface area (Å²) in [6.45, 7) is 5.62. The van der Waals surface area contributed by atoms with Crippen LogP contribution in [0.5, 0.6) is 0 Å². The number of fused-ring (bicyclic) bond motifs is 1. The Morgan fingerprint density at radius 3 is 2.26 bits per heavy atom. The van der Waals surface area contributed by atoms with Gasteiger partial charge in [-0.05, 0) is 25.0 Å². The number of pyridine rings is 1. The number of allylic oxidation sites excluding steroid dienone is 2. The van der Waals surface area contributed by atoms with E-state index in [0.29, 0.717) is 39.2 Å². The van der Waals surface area contributed by atoms with Crippen LogP contribution in [-0.4, -0.2) is 29.5 Å². The molecule has 0 saturated heterocycles. The molecule has 1 heterocycles. The number of hydrogen-bond donors (Lipinski definition) is 1. The lowest BCUT2D eigenvalue weighted by atomic mass is 9.83. The number of Topliss-reactive ketones (excluding diaryl/α,β-unsaturated/α-hetero) is 2. The first-order valence-electron chi connectivity index (χ1n) is 8.95. The summed E-state index contributed by atoms with van der Waals surface area (Å²) in [6, 6.07) is 10.4. The average molecular weight is 362 g/mol. The Bertz CT molecular complexity index is 987. The number of amides is 1. The van der Waals surface area contributed by atoms with Crippen molar-refractivity contribution >= 4 is 17.5 Å². The van der Waals surface area contributed by atoms with Crippen molar-refractivity contribution in [3.05, 3.63) is 75.6 Å². The molecule has 0 bridgehead atoms. The van der Waals surface area contributed by atoms with E-state index in [4.69, 9.17) is 0 Å². The van der Waals surface area contributed by atoms with E-state index < -0.39 is 0 Å². The lowest BCUT2D eigenvalue weighted by Gasteiger charge is -2.19. The molecule has 1 aliphatic rings. The average Bonchev–Trinajstić information content (AvgIpc) is 2.68. The Morgan fingerprint density at radius 1 is 1.04 bits per heavy atom. The summed E-state index contributed by atoms with van der Waals surface area (Å²) in [5.74, 6) is -0.389. The van der Waals surface area contributed by atoms with Gasteiger partial charge in [-0.1, -0.05) is 38.1 Å². The topological polar surface area (TPSA) is 76.1 Å². The third-order valence-corrected chi connectivity index (χ3v) is 4.84. The molecule has 138 valence electrons. The predicted molar refractivity (Wildman–Crippen MR) is 103 cm³/mol. The van der Waals surface area contributed by atoms with Crippen molar-refractivity contribution in [1.82, 2.24) is 10.3 Å². The molecule has 0 fully saturated rings. The van der Waals surface area contributed by atoms with Crippen molar-refractivity contribution < 1.29 is 14.4 Å². The van der Waals surface area contributed by atoms with Crippen LogP contribution < -0.4 is 5.32 Å². The summed E-state index contributed by atoms with van der Waals surface area (Å²) in [4.78, 5) is 42.2. The Labute approximate surface area is 158 Å². The SMILES string of the molecule is CNC(=O)c1ccc(CC2=C(C)C(=O)c3ccccc3C2=O)nc1C(C)C. The van der Waals surface area contributed by atoms with Crippen LogP contribution in [0.15, 0.2) is 47.5 Å². The van der Waals surface area contributed by atoms with E-state index in [0.717, 1.165) is 0 Å². The van der Waals surface area contributed by atoms with Crippen LogP contribution in [0.25, 0.3) is 0 Å². The Balaban J connectivity index is 2.01. The Hall–Kier alpha value is -3.08. The molecule has 5 nitrogen and oxygen atoms in total. The van der Waals surface area contributed by atoms with Crippen LogP contribution in [-0.2, 0) is 6.42 Å². The van der Waals surface area contributed by atoms with Gasteiger partial charge in [0, 0.05) is 41.4 Å². The maximum Gasteiger partial charge on any atom is 0.252 e. The molecular weight excluding hydrogens is 340 g/mol. The van der Waals surface area contributed by atoms with Gasteiger partial charge in [-0.25, -0.2) is 0 Å². The van der Waals surface area contributed by atoms with E-state index >= 15 is 0 Å². The monoisotopic (exact) mass is 362 g/mol. The van der Waals surface area contributed by atoms with Gasteiger partial charge in [0.25, 0.3) is 5.91 Å². The summed E-state index contributed by atoms with van der Waals surface area (Å²) in [5, 5.41) is 2.62. The van der Waals surface area contributed by atoms with Crippen molar-refractivity contribution in [3.63, 3.8) is 0 Å². The summed E-state index contributed by atoms with van der Waals surface area (Å²) >= 11 is 0. The highest BCUT2D eigenvalue weighted by Gasteiger charge is 2.29. The fourth-order valence-corrected chi connectivity index (χ4v) is 3.33. The minimum atomic E-state index is -0.189. The third kappa shape index (κ3) is 3.33. The lowest BCUT2D eigenvalue weighted by molar-refractivity contribution is 0.0960. The maximum atomic E-state index is 12.9. The summed E-state index contributed by atoms with van der Waals surface area (Å²) < 4.78 is 0. The number of carbonyl (C=O) groups excluding carboxylic acids is 3. The molecule has 0 unspecified atom stereocenters. The normalized spacial score (nSPS) is 13.8. The van der Waals surface area contributed by atoms with E-state index in [9.17, 15) is 14.4 Å². The van der Waals surface area contributed by atoms with Crippen LogP contribution in [0.3, 0.4) is 0 Å². The number of nitrogens with one attached hydrogen (secondary N) is 1. The van der Waals surface area contributed by atoms with Crippen molar-refractivity contribution in [3.8, 4) is 0 Å². The fourth-order valence-electron chi connectivity index (χ4n) is 3.33. The third-order valence-electron chi connectivity index (χ3n) is 4.84. The van der Waals surface area contributed by atoms with Gasteiger partial charge in [0.2, 0.25) is 0 Å². The lowest BCUT2D eigenvalue weighted by Crippen LogP contribution is -2.23. The van der Waals surface area contributed by atoms with Gasteiger partial charge in [-0.15, -0.1) is 0 Å². The number of aromatic nitrogens is 1. The van der Waals surface area contributed by atoms with Crippen LogP contribution in [0.2, 0.25) is 0 Å². The summed E-state index contributed by atoms with van der Waals surface area (Å²) in [5.41, 5.74) is 3.69. The van der Waals surface area contributed by atoms with E-state index in [-0.39, 0.29) is 29.8 Å². The van der Waals surface area contributed by atoms with Crippen LogP contribution >= 0.6 is 0 Å².